The third-order valence-corrected chi connectivity index (χ3v) is 7.64. The van der Waals surface area contributed by atoms with Crippen LogP contribution in [0.2, 0.25) is 5.02 Å². The van der Waals surface area contributed by atoms with Gasteiger partial charge in [0.25, 0.3) is 5.91 Å². The van der Waals surface area contributed by atoms with Crippen LogP contribution in [0.5, 0.6) is 0 Å². The predicted octanol–water partition coefficient (Wildman–Crippen LogP) is 2.51. The second-order valence-electron chi connectivity index (χ2n) is 9.82. The summed E-state index contributed by atoms with van der Waals surface area (Å²) in [4.78, 5) is 44.6. The number of halogens is 2. The number of amides is 3. The van der Waals surface area contributed by atoms with Crippen molar-refractivity contribution in [2.75, 3.05) is 0 Å². The molecule has 1 aromatic carbocycles. The fraction of sp³-hybridized carbons (Fsp3) is 0.400. The fourth-order valence-electron chi connectivity index (χ4n) is 5.24. The number of carbonyl (C=O) groups is 3. The van der Waals surface area contributed by atoms with Crippen LogP contribution in [0.3, 0.4) is 0 Å². The van der Waals surface area contributed by atoms with Gasteiger partial charge in [0.05, 0.1) is 16.7 Å². The van der Waals surface area contributed by atoms with E-state index in [-0.39, 0.29) is 53.1 Å². The van der Waals surface area contributed by atoms with Crippen LogP contribution in [0, 0.1) is 11.7 Å². The van der Waals surface area contributed by atoms with Crippen LogP contribution in [0.15, 0.2) is 30.5 Å². The zero-order chi connectivity index (χ0) is 25.1. The normalized spacial score (nSPS) is 22.5. The number of fused-ring (bicyclic) bond motifs is 2. The number of carbonyl (C=O) groups excluding carboxylic acids is 3. The molecule has 9 nitrogen and oxygen atoms in total. The first-order chi connectivity index (χ1) is 17.3. The van der Waals surface area contributed by atoms with E-state index in [0.717, 1.165) is 25.0 Å². The van der Waals surface area contributed by atoms with Crippen molar-refractivity contribution in [1.29, 1.82) is 0 Å². The lowest BCUT2D eigenvalue weighted by atomic mass is 10.1. The number of hydrogen-bond donors (Lipinski definition) is 2. The Balaban J connectivity index is 1.21. The maximum absolute atomic E-state index is 14.2. The number of piperidine rings is 1. The molecule has 1 saturated heterocycles. The van der Waals surface area contributed by atoms with E-state index < -0.39 is 17.8 Å². The summed E-state index contributed by atoms with van der Waals surface area (Å²) in [7, 11) is 0. The molecule has 3 aromatic rings. The van der Waals surface area contributed by atoms with E-state index in [2.05, 4.69) is 15.4 Å². The van der Waals surface area contributed by atoms with Gasteiger partial charge in [-0.3, -0.25) is 24.0 Å². The van der Waals surface area contributed by atoms with Gasteiger partial charge in [0.2, 0.25) is 11.8 Å². The van der Waals surface area contributed by atoms with Crippen molar-refractivity contribution in [3.63, 3.8) is 0 Å². The minimum atomic E-state index is -0.673. The second kappa shape index (κ2) is 8.55. The summed E-state index contributed by atoms with van der Waals surface area (Å²) in [5.74, 6) is -1.21. The molecule has 11 heteroatoms. The molecule has 2 aromatic heterocycles. The average molecular weight is 511 g/mol. The molecule has 2 aliphatic carbocycles. The monoisotopic (exact) mass is 510 g/mol. The van der Waals surface area contributed by atoms with Crippen LogP contribution < -0.4 is 11.1 Å². The molecular formula is C25H24ClFN6O3. The highest BCUT2D eigenvalue weighted by atomic mass is 35.5. The van der Waals surface area contributed by atoms with Gasteiger partial charge in [0.1, 0.15) is 18.4 Å². The highest BCUT2D eigenvalue weighted by Crippen LogP contribution is 2.48. The van der Waals surface area contributed by atoms with Gasteiger partial charge < -0.3 is 16.0 Å². The van der Waals surface area contributed by atoms with Crippen molar-refractivity contribution in [1.82, 2.24) is 25.0 Å². The van der Waals surface area contributed by atoms with E-state index in [0.29, 0.717) is 23.2 Å². The minimum absolute atomic E-state index is 0.00631. The number of primary amides is 1. The third kappa shape index (κ3) is 3.99. The number of likely N-dealkylation sites (tertiary alicyclic amines) is 1. The molecule has 0 bridgehead atoms. The largest absolute Gasteiger partial charge is 0.364 e. The highest BCUT2D eigenvalue weighted by Gasteiger charge is 2.56. The Morgan fingerprint density at radius 1 is 1.22 bits per heavy atom. The van der Waals surface area contributed by atoms with Gasteiger partial charge in [-0.25, -0.2) is 4.39 Å². The van der Waals surface area contributed by atoms with Gasteiger partial charge in [-0.1, -0.05) is 23.7 Å². The van der Waals surface area contributed by atoms with Gasteiger partial charge in [-0.05, 0) is 43.7 Å². The molecular weight excluding hydrogens is 487 g/mol. The van der Waals surface area contributed by atoms with Crippen LogP contribution in [-0.2, 0) is 22.7 Å². The molecule has 2 saturated carbocycles. The van der Waals surface area contributed by atoms with Crippen molar-refractivity contribution in [3.8, 4) is 0 Å². The van der Waals surface area contributed by atoms with Crippen LogP contribution in [-0.4, -0.2) is 49.5 Å². The molecule has 1 aliphatic heterocycles. The molecule has 0 radical (unpaired) electrons. The molecule has 6 rings (SSSR count). The fourth-order valence-corrected chi connectivity index (χ4v) is 5.43. The quantitative estimate of drug-likeness (QED) is 0.505. The maximum Gasteiger partial charge on any atom is 0.269 e. The van der Waals surface area contributed by atoms with Crippen LogP contribution in [0.4, 0.5) is 4.39 Å². The molecule has 3 heterocycles. The summed E-state index contributed by atoms with van der Waals surface area (Å²) in [6.45, 7) is -0.177. The summed E-state index contributed by atoms with van der Waals surface area (Å²) in [5.41, 5.74) is 7.38. The van der Waals surface area contributed by atoms with Crippen molar-refractivity contribution in [2.24, 2.45) is 11.7 Å². The molecule has 186 valence electrons. The summed E-state index contributed by atoms with van der Waals surface area (Å²) >= 11 is 5.83. The summed E-state index contributed by atoms with van der Waals surface area (Å²) in [6, 6.07) is 5.79. The predicted molar refractivity (Wildman–Crippen MR) is 128 cm³/mol. The van der Waals surface area contributed by atoms with E-state index >= 15 is 0 Å². The first-order valence-corrected chi connectivity index (χ1v) is 12.4. The topological polar surface area (TPSA) is 123 Å². The SMILES string of the molecule is NC(=O)c1nn(CC(=O)N2[C@@H]3C[C@@H]3C[C@H]2C(=O)NCc2cccc(Cl)c2F)c2cnc(C3CC3)cc12. The standard InChI is InChI=1S/C25H24ClFN6O3/c26-16-3-1-2-13(22(16)27)9-30-25(36)19-7-14-6-18(14)33(19)21(34)11-32-20-10-29-17(12-4-5-12)8-15(20)23(31-32)24(28)35/h1-3,8,10,12,14,18-19H,4-7,9,11H2,(H2,28,35)(H,30,36)/t14-,18-,19+/m1/s1. The van der Waals surface area contributed by atoms with Crippen LogP contribution in [0.25, 0.3) is 10.9 Å². The second-order valence-corrected chi connectivity index (χ2v) is 10.2. The number of aromatic nitrogens is 3. The molecule has 3 aliphatic rings. The van der Waals surface area contributed by atoms with E-state index in [1.54, 1.807) is 23.2 Å². The zero-order valence-corrected chi connectivity index (χ0v) is 20.0. The van der Waals surface area contributed by atoms with Crippen molar-refractivity contribution < 1.29 is 18.8 Å². The molecule has 3 amide bonds. The average Bonchev–Trinajstić information content (AvgIpc) is 3.78. The Bertz CT molecular complexity index is 1420. The summed E-state index contributed by atoms with van der Waals surface area (Å²) < 4.78 is 15.6. The Morgan fingerprint density at radius 2 is 2.03 bits per heavy atom. The first kappa shape index (κ1) is 22.9. The first-order valence-electron chi connectivity index (χ1n) is 12.0. The van der Waals surface area contributed by atoms with Gasteiger partial charge in [-0.15, -0.1) is 0 Å². The maximum atomic E-state index is 14.2. The van der Waals surface area contributed by atoms with Crippen molar-refractivity contribution in [2.45, 2.75) is 56.8 Å². The molecule has 0 spiro atoms. The zero-order valence-electron chi connectivity index (χ0n) is 19.3. The lowest BCUT2D eigenvalue weighted by molar-refractivity contribution is -0.140. The van der Waals surface area contributed by atoms with Gasteiger partial charge in [0, 0.05) is 35.1 Å². The smallest absolute Gasteiger partial charge is 0.269 e. The molecule has 3 fully saturated rings. The Labute approximate surface area is 210 Å². The van der Waals surface area contributed by atoms with E-state index in [9.17, 15) is 18.8 Å². The highest BCUT2D eigenvalue weighted by molar-refractivity contribution is 6.30. The molecule has 0 unspecified atom stereocenters. The van der Waals surface area contributed by atoms with Crippen molar-refractivity contribution in [3.05, 3.63) is 58.3 Å². The molecule has 36 heavy (non-hydrogen) atoms. The number of nitrogens with zero attached hydrogens (tertiary/aromatic N) is 4. The molecule has 3 N–H and O–H groups in total. The van der Waals surface area contributed by atoms with Gasteiger partial charge in [-0.2, -0.15) is 5.10 Å². The Hall–Kier alpha value is -3.53. The molecule has 3 atom stereocenters. The minimum Gasteiger partial charge on any atom is -0.364 e. The van der Waals surface area contributed by atoms with Gasteiger partial charge >= 0.3 is 0 Å². The number of rotatable bonds is 7. The summed E-state index contributed by atoms with van der Waals surface area (Å²) in [6.07, 6.45) is 5.14. The lowest BCUT2D eigenvalue weighted by Gasteiger charge is -2.27. The number of pyridine rings is 1. The number of benzene rings is 1. The number of hydrogen-bond acceptors (Lipinski definition) is 5. The third-order valence-electron chi connectivity index (χ3n) is 7.35. The van der Waals surface area contributed by atoms with E-state index in [4.69, 9.17) is 17.3 Å². The van der Waals surface area contributed by atoms with Crippen molar-refractivity contribution >= 4 is 40.2 Å². The van der Waals surface area contributed by atoms with E-state index in [1.165, 1.54) is 10.7 Å². The van der Waals surface area contributed by atoms with Gasteiger partial charge in [0.15, 0.2) is 5.69 Å². The Kier molecular flexibility index (Phi) is 5.44. The van der Waals surface area contributed by atoms with E-state index in [1.807, 2.05) is 6.07 Å². The number of nitrogens with two attached hydrogens (primary N) is 1. The number of nitrogens with one attached hydrogen (secondary N) is 1. The lowest BCUT2D eigenvalue weighted by Crippen LogP contribution is -2.48. The van der Waals surface area contributed by atoms with Crippen LogP contribution >= 0.6 is 11.6 Å². The van der Waals surface area contributed by atoms with Crippen LogP contribution in [0.1, 0.15) is 53.3 Å². The Morgan fingerprint density at radius 3 is 2.78 bits per heavy atom. The summed E-state index contributed by atoms with van der Waals surface area (Å²) in [5, 5.41) is 7.64.